The van der Waals surface area contributed by atoms with Gasteiger partial charge in [0, 0.05) is 11.5 Å². The second-order valence-corrected chi connectivity index (χ2v) is 11.0. The van der Waals surface area contributed by atoms with Crippen LogP contribution in [0, 0.1) is 12.8 Å². The Morgan fingerprint density at radius 2 is 1.49 bits per heavy atom. The zero-order chi connectivity index (χ0) is 31.3. The first-order chi connectivity index (χ1) is 20.3. The summed E-state index contributed by atoms with van der Waals surface area (Å²) >= 11 is 0. The van der Waals surface area contributed by atoms with Crippen LogP contribution in [0.15, 0.2) is 39.5 Å². The van der Waals surface area contributed by atoms with Gasteiger partial charge in [0.15, 0.2) is 23.5 Å². The number of aliphatic hydroxyl groups is 5. The first kappa shape index (κ1) is 31.0. The first-order valence-corrected chi connectivity index (χ1v) is 13.6. The normalized spacial score (nSPS) is 33.0. The molecule has 3 heterocycles. The summed E-state index contributed by atoms with van der Waals surface area (Å²) in [7, 11) is 0. The van der Waals surface area contributed by atoms with Gasteiger partial charge in [-0.25, -0.2) is 0 Å². The standard InChI is InChI=1S/C29H34O14/c1-10-6-16(32)19-17(7-10)41-26(13-4-5-14(30)15(31)8-13)27(22(19)35)43-29-25(38)23(36)21(34)18(42-29)9-39-28-24(37)20(33)11(2)12(3)40-28/h4-8,11-12,18,20-21,23-25,28-34,36-38H,9H2,1-3H3/t11-,12-,18+,20+,21+,23-,24+,25+,28+,29-/m0/s1. The van der Waals surface area contributed by atoms with Gasteiger partial charge in [0.05, 0.1) is 18.8 Å². The molecule has 14 heteroatoms. The molecule has 14 nitrogen and oxygen atoms in total. The number of benzene rings is 2. The Morgan fingerprint density at radius 3 is 2.19 bits per heavy atom. The molecule has 5 rings (SSSR count). The fraction of sp³-hybridized carbons (Fsp3) is 0.483. The van der Waals surface area contributed by atoms with Crippen LogP contribution in [0.1, 0.15) is 19.4 Å². The Labute approximate surface area is 244 Å². The van der Waals surface area contributed by atoms with Gasteiger partial charge in [0.25, 0.3) is 0 Å². The summed E-state index contributed by atoms with van der Waals surface area (Å²) < 4.78 is 28.6. The van der Waals surface area contributed by atoms with Crippen LogP contribution in [-0.2, 0) is 14.2 Å². The van der Waals surface area contributed by atoms with Gasteiger partial charge >= 0.3 is 0 Å². The molecule has 0 aliphatic carbocycles. The van der Waals surface area contributed by atoms with Crippen LogP contribution in [0.3, 0.4) is 0 Å². The smallest absolute Gasteiger partial charge is 0.239 e. The van der Waals surface area contributed by atoms with E-state index in [4.69, 9.17) is 23.4 Å². The van der Waals surface area contributed by atoms with E-state index in [9.17, 15) is 45.6 Å². The number of phenols is 3. The summed E-state index contributed by atoms with van der Waals surface area (Å²) in [6, 6.07) is 6.38. The average molecular weight is 607 g/mol. The number of ether oxygens (including phenoxy) is 4. The van der Waals surface area contributed by atoms with Crippen molar-refractivity contribution in [1.29, 1.82) is 0 Å². The minimum absolute atomic E-state index is 0.0268. The lowest BCUT2D eigenvalue weighted by Crippen LogP contribution is -2.61. The molecule has 0 amide bonds. The quantitative estimate of drug-likeness (QED) is 0.175. The predicted molar refractivity (Wildman–Crippen MR) is 146 cm³/mol. The summed E-state index contributed by atoms with van der Waals surface area (Å²) in [4.78, 5) is 13.7. The third kappa shape index (κ3) is 5.75. The second-order valence-electron chi connectivity index (χ2n) is 11.0. The fourth-order valence-corrected chi connectivity index (χ4v) is 5.14. The summed E-state index contributed by atoms with van der Waals surface area (Å²) in [5.41, 5.74) is -0.278. The van der Waals surface area contributed by atoms with Gasteiger partial charge < -0.3 is 64.2 Å². The number of hydrogen-bond donors (Lipinski definition) is 8. The molecule has 8 N–H and O–H groups in total. The van der Waals surface area contributed by atoms with Crippen molar-refractivity contribution < 1.29 is 64.2 Å². The minimum Gasteiger partial charge on any atom is -0.507 e. The van der Waals surface area contributed by atoms with Crippen LogP contribution < -0.4 is 10.2 Å². The molecule has 0 bridgehead atoms. The number of aromatic hydroxyl groups is 3. The van der Waals surface area contributed by atoms with Gasteiger partial charge in [-0.3, -0.25) is 4.79 Å². The molecule has 2 aliphatic heterocycles. The molecule has 234 valence electrons. The molecular weight excluding hydrogens is 572 g/mol. The molecule has 0 unspecified atom stereocenters. The van der Waals surface area contributed by atoms with Gasteiger partial charge in [0.1, 0.15) is 47.2 Å². The van der Waals surface area contributed by atoms with Crippen LogP contribution in [-0.4, -0.2) is 103 Å². The Balaban J connectivity index is 1.48. The molecule has 0 saturated carbocycles. The zero-order valence-electron chi connectivity index (χ0n) is 23.4. The summed E-state index contributed by atoms with van der Waals surface area (Å²) in [6.45, 7) is 4.55. The van der Waals surface area contributed by atoms with Gasteiger partial charge in [-0.2, -0.15) is 0 Å². The van der Waals surface area contributed by atoms with E-state index in [1.807, 2.05) is 0 Å². The van der Waals surface area contributed by atoms with E-state index in [0.29, 0.717) is 5.56 Å². The van der Waals surface area contributed by atoms with Crippen LogP contribution in [0.25, 0.3) is 22.3 Å². The van der Waals surface area contributed by atoms with Crippen molar-refractivity contribution in [3.8, 4) is 34.3 Å². The van der Waals surface area contributed by atoms with Gasteiger partial charge in [0.2, 0.25) is 17.5 Å². The molecule has 1 aromatic heterocycles. The number of fused-ring (bicyclic) bond motifs is 1. The van der Waals surface area contributed by atoms with Gasteiger partial charge in [-0.05, 0) is 49.7 Å². The lowest BCUT2D eigenvalue weighted by atomic mass is 9.92. The lowest BCUT2D eigenvalue weighted by Gasteiger charge is -2.42. The highest BCUT2D eigenvalue weighted by atomic mass is 16.7. The zero-order valence-corrected chi connectivity index (χ0v) is 23.4. The Bertz CT molecular complexity index is 1540. The minimum atomic E-state index is -1.90. The molecule has 10 atom stereocenters. The summed E-state index contributed by atoms with van der Waals surface area (Å²) in [5, 5.41) is 82.7. The average Bonchev–Trinajstić information content (AvgIpc) is 2.96. The van der Waals surface area contributed by atoms with Crippen LogP contribution >= 0.6 is 0 Å². The monoisotopic (exact) mass is 606 g/mol. The summed E-state index contributed by atoms with van der Waals surface area (Å²) in [5.74, 6) is -2.64. The molecule has 0 radical (unpaired) electrons. The van der Waals surface area contributed by atoms with Gasteiger partial charge in [-0.1, -0.05) is 6.92 Å². The van der Waals surface area contributed by atoms with Gasteiger partial charge in [-0.15, -0.1) is 0 Å². The van der Waals surface area contributed by atoms with Crippen molar-refractivity contribution in [3.63, 3.8) is 0 Å². The fourth-order valence-electron chi connectivity index (χ4n) is 5.14. The second kappa shape index (κ2) is 11.9. The Hall–Kier alpha value is -3.47. The van der Waals surface area contributed by atoms with Crippen molar-refractivity contribution in [2.75, 3.05) is 6.61 Å². The Kier molecular flexibility index (Phi) is 8.57. The van der Waals surface area contributed by atoms with E-state index in [2.05, 4.69) is 0 Å². The SMILES string of the molecule is Cc1cc(O)c2c(=O)c(O[C@@H]3O[C@H](CO[C@@H]4O[C@@H](C)[C@H](C)[C@@H](O)[C@H]4O)[C@@H](O)[C@H](O)[C@H]3O)c(-c3ccc(O)c(O)c3)oc2c1. The highest BCUT2D eigenvalue weighted by Gasteiger charge is 2.47. The van der Waals surface area contributed by atoms with Crippen molar-refractivity contribution >= 4 is 11.0 Å². The third-order valence-electron chi connectivity index (χ3n) is 7.90. The van der Waals surface area contributed by atoms with E-state index >= 15 is 0 Å². The Morgan fingerprint density at radius 1 is 0.791 bits per heavy atom. The van der Waals surface area contributed by atoms with Crippen molar-refractivity contribution in [1.82, 2.24) is 0 Å². The molecule has 2 aliphatic rings. The molecule has 0 spiro atoms. The van der Waals surface area contributed by atoms with Crippen molar-refractivity contribution in [2.45, 2.75) is 76.1 Å². The molecule has 2 aromatic carbocycles. The predicted octanol–water partition coefficient (Wildman–Crippen LogP) is 0.191. The van der Waals surface area contributed by atoms with Crippen LogP contribution in [0.4, 0.5) is 0 Å². The highest BCUT2D eigenvalue weighted by Crippen LogP contribution is 2.39. The molecule has 43 heavy (non-hydrogen) atoms. The van der Waals surface area contributed by atoms with E-state index in [1.54, 1.807) is 20.8 Å². The lowest BCUT2D eigenvalue weighted by molar-refractivity contribution is -0.313. The largest absolute Gasteiger partial charge is 0.507 e. The van der Waals surface area contributed by atoms with Crippen molar-refractivity contribution in [3.05, 3.63) is 46.1 Å². The topological polar surface area (TPSA) is 229 Å². The maximum atomic E-state index is 13.7. The number of aryl methyl sites for hydroxylation is 1. The maximum Gasteiger partial charge on any atom is 0.239 e. The van der Waals surface area contributed by atoms with Crippen molar-refractivity contribution in [2.24, 2.45) is 5.92 Å². The van der Waals surface area contributed by atoms with E-state index in [1.165, 1.54) is 18.2 Å². The molecule has 2 fully saturated rings. The maximum absolute atomic E-state index is 13.7. The first-order valence-electron chi connectivity index (χ1n) is 13.6. The molecule has 3 aromatic rings. The third-order valence-corrected chi connectivity index (χ3v) is 7.90. The molecular formula is C29H34O14. The van der Waals surface area contributed by atoms with E-state index in [-0.39, 0.29) is 28.2 Å². The van der Waals surface area contributed by atoms with E-state index in [0.717, 1.165) is 12.1 Å². The number of phenolic OH excluding ortho intramolecular Hbond substituents is 3. The van der Waals surface area contributed by atoms with Crippen LogP contribution in [0.2, 0.25) is 0 Å². The summed E-state index contributed by atoms with van der Waals surface area (Å²) in [6.07, 6.45) is -13.0. The number of hydrogen-bond acceptors (Lipinski definition) is 14. The van der Waals surface area contributed by atoms with E-state index < -0.39 is 90.3 Å². The molecule has 2 saturated heterocycles. The number of rotatable bonds is 6. The number of aliphatic hydroxyl groups excluding tert-OH is 5. The highest BCUT2D eigenvalue weighted by molar-refractivity contribution is 5.87. The van der Waals surface area contributed by atoms with Crippen LogP contribution in [0.5, 0.6) is 23.0 Å².